The van der Waals surface area contributed by atoms with Gasteiger partial charge in [0.15, 0.2) is 0 Å². The van der Waals surface area contributed by atoms with Crippen LogP contribution in [0.5, 0.6) is 0 Å². The average Bonchev–Trinajstić information content (AvgIpc) is 2.83. The summed E-state index contributed by atoms with van der Waals surface area (Å²) in [6.45, 7) is 0.683. The molecule has 0 unspecified atom stereocenters. The molecule has 0 saturated carbocycles. The highest BCUT2D eigenvalue weighted by Gasteiger charge is 2.02. The van der Waals surface area contributed by atoms with Crippen LogP contribution in [-0.2, 0) is 0 Å². The number of nitrogens with one attached hydrogen (secondary N) is 1. The number of aromatic amines is 1. The maximum atomic E-state index is 5.46. The van der Waals surface area contributed by atoms with Crippen LogP contribution in [0.25, 0.3) is 17.3 Å². The molecule has 3 nitrogen and oxygen atoms in total. The van der Waals surface area contributed by atoms with Crippen LogP contribution in [0.2, 0.25) is 0 Å². The molecule has 82 valence electrons. The van der Waals surface area contributed by atoms with Gasteiger partial charge in [0.25, 0.3) is 0 Å². The lowest BCUT2D eigenvalue weighted by atomic mass is 10.0. The van der Waals surface area contributed by atoms with E-state index in [-0.39, 0.29) is 0 Å². The Hall–Kier alpha value is -1.87. The van der Waals surface area contributed by atoms with Gasteiger partial charge in [0.2, 0.25) is 0 Å². The van der Waals surface area contributed by atoms with Gasteiger partial charge in [0.05, 0.1) is 5.69 Å². The molecule has 1 aromatic carbocycles. The van der Waals surface area contributed by atoms with E-state index in [4.69, 9.17) is 5.73 Å². The van der Waals surface area contributed by atoms with E-state index in [0.29, 0.717) is 6.54 Å². The molecule has 0 amide bonds. The predicted molar refractivity (Wildman–Crippen MR) is 66.7 cm³/mol. The van der Waals surface area contributed by atoms with Crippen LogP contribution in [0.3, 0.4) is 0 Å². The van der Waals surface area contributed by atoms with Crippen molar-refractivity contribution in [3.05, 3.63) is 48.2 Å². The van der Waals surface area contributed by atoms with Crippen molar-refractivity contribution in [3.63, 3.8) is 0 Å². The SMILES string of the molecule is NCCC=Cc1ccccc1-c1ccn[nH]1. The van der Waals surface area contributed by atoms with Crippen molar-refractivity contribution in [2.45, 2.75) is 6.42 Å². The minimum Gasteiger partial charge on any atom is -0.330 e. The van der Waals surface area contributed by atoms with Crippen LogP contribution in [-0.4, -0.2) is 16.7 Å². The highest BCUT2D eigenvalue weighted by molar-refractivity contribution is 5.72. The van der Waals surface area contributed by atoms with Crippen molar-refractivity contribution < 1.29 is 0 Å². The number of hydrogen-bond donors (Lipinski definition) is 2. The van der Waals surface area contributed by atoms with Gasteiger partial charge in [-0.2, -0.15) is 5.10 Å². The Morgan fingerprint density at radius 1 is 1.25 bits per heavy atom. The summed E-state index contributed by atoms with van der Waals surface area (Å²) in [5, 5.41) is 6.94. The molecule has 2 rings (SSSR count). The van der Waals surface area contributed by atoms with Gasteiger partial charge in [0, 0.05) is 11.8 Å². The molecule has 3 heteroatoms. The predicted octanol–water partition coefficient (Wildman–Crippen LogP) is 2.44. The summed E-state index contributed by atoms with van der Waals surface area (Å²) in [6, 6.07) is 10.2. The zero-order valence-corrected chi connectivity index (χ0v) is 9.06. The molecule has 0 bridgehead atoms. The quantitative estimate of drug-likeness (QED) is 0.819. The van der Waals surface area contributed by atoms with Crippen LogP contribution in [0, 0.1) is 0 Å². The molecule has 0 radical (unpaired) electrons. The normalized spacial score (nSPS) is 11.1. The molecule has 2 aromatic rings. The lowest BCUT2D eigenvalue weighted by Crippen LogP contribution is -1.95. The van der Waals surface area contributed by atoms with Crippen molar-refractivity contribution in [2.75, 3.05) is 6.54 Å². The number of benzene rings is 1. The van der Waals surface area contributed by atoms with Crippen LogP contribution in [0.1, 0.15) is 12.0 Å². The number of aromatic nitrogens is 2. The monoisotopic (exact) mass is 213 g/mol. The highest BCUT2D eigenvalue weighted by atomic mass is 15.1. The Morgan fingerprint density at radius 2 is 2.12 bits per heavy atom. The van der Waals surface area contributed by atoms with Gasteiger partial charge >= 0.3 is 0 Å². The van der Waals surface area contributed by atoms with Crippen molar-refractivity contribution >= 4 is 6.08 Å². The second-order valence-electron chi connectivity index (χ2n) is 3.54. The fourth-order valence-corrected chi connectivity index (χ4v) is 1.60. The van der Waals surface area contributed by atoms with Crippen molar-refractivity contribution in [1.82, 2.24) is 10.2 Å². The highest BCUT2D eigenvalue weighted by Crippen LogP contribution is 2.22. The minimum absolute atomic E-state index is 0.683. The number of rotatable bonds is 4. The molecule has 0 atom stereocenters. The van der Waals surface area contributed by atoms with Gasteiger partial charge in [-0.1, -0.05) is 36.4 Å². The minimum atomic E-state index is 0.683. The Bertz CT molecular complexity index is 458. The third-order valence-electron chi connectivity index (χ3n) is 2.38. The summed E-state index contributed by atoms with van der Waals surface area (Å²) in [5.41, 5.74) is 8.83. The summed E-state index contributed by atoms with van der Waals surface area (Å²) in [4.78, 5) is 0. The second kappa shape index (κ2) is 5.28. The Balaban J connectivity index is 2.31. The number of hydrogen-bond acceptors (Lipinski definition) is 2. The average molecular weight is 213 g/mol. The molecule has 0 aliphatic heterocycles. The first-order valence-electron chi connectivity index (χ1n) is 5.37. The van der Waals surface area contributed by atoms with E-state index in [9.17, 15) is 0 Å². The van der Waals surface area contributed by atoms with Gasteiger partial charge in [-0.25, -0.2) is 0 Å². The van der Waals surface area contributed by atoms with Gasteiger partial charge in [-0.3, -0.25) is 5.10 Å². The van der Waals surface area contributed by atoms with Crippen molar-refractivity contribution in [3.8, 4) is 11.3 Å². The molecular formula is C13H15N3. The third kappa shape index (κ3) is 2.38. The molecule has 1 aromatic heterocycles. The first-order chi connectivity index (χ1) is 7.92. The van der Waals surface area contributed by atoms with E-state index in [1.165, 1.54) is 5.56 Å². The topological polar surface area (TPSA) is 54.7 Å². The van der Waals surface area contributed by atoms with Gasteiger partial charge in [0.1, 0.15) is 0 Å². The molecule has 0 spiro atoms. The van der Waals surface area contributed by atoms with Crippen molar-refractivity contribution in [1.29, 1.82) is 0 Å². The lowest BCUT2D eigenvalue weighted by molar-refractivity contribution is 1.01. The molecule has 3 N–H and O–H groups in total. The van der Waals surface area contributed by atoms with Crippen LogP contribution >= 0.6 is 0 Å². The van der Waals surface area contributed by atoms with E-state index in [0.717, 1.165) is 17.7 Å². The Kier molecular flexibility index (Phi) is 3.51. The summed E-state index contributed by atoms with van der Waals surface area (Å²) in [6.07, 6.45) is 6.85. The zero-order valence-electron chi connectivity index (χ0n) is 9.06. The zero-order chi connectivity index (χ0) is 11.2. The van der Waals surface area contributed by atoms with Gasteiger partial charge < -0.3 is 5.73 Å². The summed E-state index contributed by atoms with van der Waals surface area (Å²) < 4.78 is 0. The second-order valence-corrected chi connectivity index (χ2v) is 3.54. The maximum Gasteiger partial charge on any atom is 0.0656 e. The van der Waals surface area contributed by atoms with E-state index in [1.807, 2.05) is 18.2 Å². The van der Waals surface area contributed by atoms with Crippen molar-refractivity contribution in [2.24, 2.45) is 5.73 Å². The summed E-state index contributed by atoms with van der Waals surface area (Å²) in [7, 11) is 0. The molecule has 0 aliphatic rings. The third-order valence-corrected chi connectivity index (χ3v) is 2.38. The molecule has 0 saturated heterocycles. The van der Waals surface area contributed by atoms with E-state index >= 15 is 0 Å². The van der Waals surface area contributed by atoms with E-state index < -0.39 is 0 Å². The smallest absolute Gasteiger partial charge is 0.0656 e. The number of H-pyrrole nitrogens is 1. The maximum absolute atomic E-state index is 5.46. The molecule has 16 heavy (non-hydrogen) atoms. The molecule has 0 aliphatic carbocycles. The first kappa shape index (κ1) is 10.6. The number of nitrogens with zero attached hydrogens (tertiary/aromatic N) is 1. The van der Waals surface area contributed by atoms with Crippen LogP contribution in [0.4, 0.5) is 0 Å². The van der Waals surface area contributed by atoms with Crippen LogP contribution < -0.4 is 5.73 Å². The number of nitrogens with two attached hydrogens (primary N) is 1. The summed E-state index contributed by atoms with van der Waals surface area (Å²) >= 11 is 0. The Morgan fingerprint density at radius 3 is 2.88 bits per heavy atom. The van der Waals surface area contributed by atoms with Gasteiger partial charge in [-0.05, 0) is 24.6 Å². The van der Waals surface area contributed by atoms with E-state index in [2.05, 4.69) is 34.5 Å². The Labute approximate surface area is 95.0 Å². The molecule has 0 fully saturated rings. The van der Waals surface area contributed by atoms with Crippen LogP contribution in [0.15, 0.2) is 42.6 Å². The fraction of sp³-hybridized carbons (Fsp3) is 0.154. The summed E-state index contributed by atoms with van der Waals surface area (Å²) in [5.74, 6) is 0. The first-order valence-corrected chi connectivity index (χ1v) is 5.37. The lowest BCUT2D eigenvalue weighted by Gasteiger charge is -2.02. The molecule has 1 heterocycles. The standard InChI is InChI=1S/C13H15N3/c14-9-4-3-6-11-5-1-2-7-12(11)13-8-10-15-16-13/h1-3,5-8,10H,4,9,14H2,(H,15,16). The molecular weight excluding hydrogens is 198 g/mol. The van der Waals surface area contributed by atoms with E-state index in [1.54, 1.807) is 6.20 Å². The largest absolute Gasteiger partial charge is 0.330 e. The fourth-order valence-electron chi connectivity index (χ4n) is 1.60. The van der Waals surface area contributed by atoms with Gasteiger partial charge in [-0.15, -0.1) is 0 Å².